The van der Waals surface area contributed by atoms with E-state index in [2.05, 4.69) is 20.8 Å². The predicted molar refractivity (Wildman–Crippen MR) is 52.7 cm³/mol. The minimum atomic E-state index is -1.46. The van der Waals surface area contributed by atoms with E-state index in [0.717, 1.165) is 12.7 Å². The summed E-state index contributed by atoms with van der Waals surface area (Å²) in [6, 6.07) is 0. The number of aldehydes is 1. The molecule has 0 aliphatic carbocycles. The first-order valence-corrected chi connectivity index (χ1v) is 10.6. The van der Waals surface area contributed by atoms with Gasteiger partial charge in [0, 0.05) is 0 Å². The van der Waals surface area contributed by atoms with Gasteiger partial charge in [0.1, 0.15) is 0 Å². The summed E-state index contributed by atoms with van der Waals surface area (Å²) in [5.41, 5.74) is 0. The Morgan fingerprint density at radius 1 is 1.09 bits per heavy atom. The average Bonchev–Trinajstić information content (AvgIpc) is 2.08. The summed E-state index contributed by atoms with van der Waals surface area (Å²) in [6.45, 7) is 6.91. The molecule has 0 unspecified atom stereocenters. The van der Waals surface area contributed by atoms with Crippen LogP contribution >= 0.6 is 0 Å². The van der Waals surface area contributed by atoms with E-state index in [0.29, 0.717) is 0 Å². The van der Waals surface area contributed by atoms with E-state index >= 15 is 0 Å². The first-order valence-electron chi connectivity index (χ1n) is 4.68. The van der Waals surface area contributed by atoms with E-state index < -0.39 is 13.3 Å². The molecule has 0 saturated carbocycles. The van der Waals surface area contributed by atoms with Gasteiger partial charge in [0.25, 0.3) is 0 Å². The van der Waals surface area contributed by atoms with Crippen LogP contribution in [-0.2, 0) is 4.79 Å². The van der Waals surface area contributed by atoms with Gasteiger partial charge in [-0.05, 0) is 0 Å². The van der Waals surface area contributed by atoms with Gasteiger partial charge in [-0.15, -0.1) is 0 Å². The molecule has 11 heavy (non-hydrogen) atoms. The molecular weight excluding hydrogens is 197 g/mol. The normalized spacial score (nSPS) is 11.5. The monoisotopic (exact) mass is 218 g/mol. The molecule has 0 atom stereocenters. The van der Waals surface area contributed by atoms with Crippen LogP contribution in [0, 0.1) is 0 Å². The van der Waals surface area contributed by atoms with Crippen molar-refractivity contribution in [2.75, 3.05) is 0 Å². The molecular formula is C9H20GeO. The number of hydrogen-bond acceptors (Lipinski definition) is 1. The number of rotatable bonds is 6. The fourth-order valence-corrected chi connectivity index (χ4v) is 8.55. The minimum absolute atomic E-state index is 0.815. The third-order valence-corrected chi connectivity index (χ3v) is 15.3. The molecule has 0 saturated heterocycles. The second-order valence-electron chi connectivity index (χ2n) is 3.27. The van der Waals surface area contributed by atoms with Gasteiger partial charge in [0.15, 0.2) is 0 Å². The summed E-state index contributed by atoms with van der Waals surface area (Å²) < 4.78 is 0. The van der Waals surface area contributed by atoms with Gasteiger partial charge in [-0.2, -0.15) is 0 Å². The predicted octanol–water partition coefficient (Wildman–Crippen LogP) is 3.08. The Kier molecular flexibility index (Phi) is 5.92. The van der Waals surface area contributed by atoms with Crippen LogP contribution in [0.2, 0.25) is 21.0 Å². The van der Waals surface area contributed by atoms with Gasteiger partial charge < -0.3 is 0 Å². The van der Waals surface area contributed by atoms with Crippen LogP contribution in [0.1, 0.15) is 27.2 Å². The Hall–Kier alpha value is 0.213. The molecule has 2 heteroatoms. The molecule has 0 aromatic rings. The summed E-state index contributed by atoms with van der Waals surface area (Å²) in [5.74, 6) is 0. The van der Waals surface area contributed by atoms with E-state index in [9.17, 15) is 4.79 Å². The molecule has 0 radical (unpaired) electrons. The second-order valence-corrected chi connectivity index (χ2v) is 15.1. The van der Waals surface area contributed by atoms with Crippen molar-refractivity contribution >= 4 is 19.6 Å². The van der Waals surface area contributed by atoms with Crippen molar-refractivity contribution in [2.24, 2.45) is 0 Å². The zero-order valence-corrected chi connectivity index (χ0v) is 10.1. The molecule has 0 aliphatic heterocycles. The van der Waals surface area contributed by atoms with Crippen LogP contribution in [0.4, 0.5) is 0 Å². The molecule has 0 aromatic carbocycles. The topological polar surface area (TPSA) is 17.1 Å². The van der Waals surface area contributed by atoms with E-state index in [4.69, 9.17) is 0 Å². The molecule has 0 bridgehead atoms. The average molecular weight is 217 g/mol. The Morgan fingerprint density at radius 2 is 1.55 bits per heavy atom. The maximum atomic E-state index is 10.2. The van der Waals surface area contributed by atoms with Crippen molar-refractivity contribution in [1.82, 2.24) is 0 Å². The molecule has 0 fully saturated rings. The van der Waals surface area contributed by atoms with Crippen molar-refractivity contribution in [2.45, 2.75) is 48.2 Å². The molecule has 1 nitrogen and oxygen atoms in total. The zero-order valence-electron chi connectivity index (χ0n) is 8.02. The fraction of sp³-hybridized carbons (Fsp3) is 0.889. The third kappa shape index (κ3) is 3.41. The second kappa shape index (κ2) is 5.81. The third-order valence-electron chi connectivity index (χ3n) is 3.04. The van der Waals surface area contributed by atoms with Crippen LogP contribution in [0.25, 0.3) is 0 Å². The van der Waals surface area contributed by atoms with Crippen molar-refractivity contribution in [3.05, 3.63) is 0 Å². The molecule has 0 N–H and O–H groups in total. The maximum absolute atomic E-state index is 10.2. The van der Waals surface area contributed by atoms with Crippen LogP contribution in [-0.4, -0.2) is 19.6 Å². The standard InChI is InChI=1S/C9H20GeO/c1-4-10(5-2,6-3)8-7-9-11/h9H,4-8H2,1-3H3. The summed E-state index contributed by atoms with van der Waals surface area (Å²) in [7, 11) is 0. The Bertz CT molecular complexity index is 99.9. The number of carbonyl (C=O) groups excluding carboxylic acids is 1. The SMILES string of the molecule is C[CH2][Ge]([CH2]C)([CH2]C)[CH2]CC=O. The molecule has 0 heterocycles. The molecule has 66 valence electrons. The van der Waals surface area contributed by atoms with Crippen LogP contribution in [0.5, 0.6) is 0 Å². The van der Waals surface area contributed by atoms with Gasteiger partial charge >= 0.3 is 72.6 Å². The summed E-state index contributed by atoms with van der Waals surface area (Å²) in [6.07, 6.45) is 1.90. The van der Waals surface area contributed by atoms with Gasteiger partial charge in [-0.1, -0.05) is 0 Å². The van der Waals surface area contributed by atoms with Crippen molar-refractivity contribution < 1.29 is 4.79 Å². The summed E-state index contributed by atoms with van der Waals surface area (Å²) in [4.78, 5) is 10.2. The summed E-state index contributed by atoms with van der Waals surface area (Å²) >= 11 is -1.46. The van der Waals surface area contributed by atoms with Crippen molar-refractivity contribution in [3.63, 3.8) is 0 Å². The first kappa shape index (κ1) is 11.2. The first-order chi connectivity index (χ1) is 5.24. The Morgan fingerprint density at radius 3 is 1.82 bits per heavy atom. The zero-order chi connectivity index (χ0) is 8.74. The molecule has 0 amide bonds. The number of carbonyl (C=O) groups is 1. The van der Waals surface area contributed by atoms with E-state index in [1.165, 1.54) is 21.0 Å². The molecule has 0 spiro atoms. The van der Waals surface area contributed by atoms with Crippen molar-refractivity contribution in [1.29, 1.82) is 0 Å². The van der Waals surface area contributed by atoms with Gasteiger partial charge in [-0.25, -0.2) is 0 Å². The fourth-order valence-electron chi connectivity index (χ4n) is 1.65. The van der Waals surface area contributed by atoms with Crippen LogP contribution in [0.15, 0.2) is 0 Å². The van der Waals surface area contributed by atoms with E-state index in [-0.39, 0.29) is 0 Å². The van der Waals surface area contributed by atoms with Crippen LogP contribution < -0.4 is 0 Å². The van der Waals surface area contributed by atoms with Crippen molar-refractivity contribution in [3.8, 4) is 0 Å². The summed E-state index contributed by atoms with van der Waals surface area (Å²) in [5, 5.41) is 5.43. The quantitative estimate of drug-likeness (QED) is 0.493. The van der Waals surface area contributed by atoms with Crippen LogP contribution in [0.3, 0.4) is 0 Å². The van der Waals surface area contributed by atoms with Gasteiger partial charge in [0.05, 0.1) is 0 Å². The number of hydrogen-bond donors (Lipinski definition) is 0. The van der Waals surface area contributed by atoms with Gasteiger partial charge in [-0.3, -0.25) is 0 Å². The Balaban J connectivity index is 3.93. The molecule has 0 aromatic heterocycles. The van der Waals surface area contributed by atoms with E-state index in [1.807, 2.05) is 0 Å². The van der Waals surface area contributed by atoms with Gasteiger partial charge in [0.2, 0.25) is 0 Å². The molecule has 0 aliphatic rings. The molecule has 0 rings (SSSR count). The van der Waals surface area contributed by atoms with E-state index in [1.54, 1.807) is 0 Å². The Labute approximate surface area is 72.9 Å².